The van der Waals surface area contributed by atoms with Gasteiger partial charge in [0, 0.05) is 30.7 Å². The predicted molar refractivity (Wildman–Crippen MR) is 179 cm³/mol. The van der Waals surface area contributed by atoms with Crippen LogP contribution in [0, 0.1) is 30.6 Å². The minimum absolute atomic E-state index is 0.0103. The van der Waals surface area contributed by atoms with Crippen LogP contribution in [0.4, 0.5) is 0 Å². The van der Waals surface area contributed by atoms with Crippen LogP contribution in [0.1, 0.15) is 133 Å². The number of benzene rings is 2. The molecule has 3 atom stereocenters. The number of carbonyl (C=O) groups excluding carboxylic acids is 4. The zero-order chi connectivity index (χ0) is 32.1. The first-order chi connectivity index (χ1) is 20.4. The minimum atomic E-state index is -0.128. The molecule has 0 bridgehead atoms. The lowest BCUT2D eigenvalue weighted by Gasteiger charge is -2.32. The Morgan fingerprint density at radius 3 is 2.14 bits per heavy atom. The quantitative estimate of drug-likeness (QED) is 0.194. The molecule has 4 nitrogen and oxygen atoms in total. The summed E-state index contributed by atoms with van der Waals surface area (Å²) in [5, 5.41) is 0. The summed E-state index contributed by atoms with van der Waals surface area (Å²) in [6.45, 7) is 16.1. The summed E-state index contributed by atoms with van der Waals surface area (Å²) in [6.07, 6.45) is 8.01. The molecule has 0 heterocycles. The molecular formula is C39H56O4. The van der Waals surface area contributed by atoms with E-state index in [1.165, 1.54) is 13.3 Å². The SMILES string of the molecule is CCC.CCCC(CC1CC(=O)c2c(C)ccc(-c3ccc(CCC(=O)CC(C)C)cc3)c2C1)C(CC)C(=O)CC(C)=O. The lowest BCUT2D eigenvalue weighted by molar-refractivity contribution is -0.130. The van der Waals surface area contributed by atoms with Gasteiger partial charge in [-0.3, -0.25) is 19.2 Å². The maximum Gasteiger partial charge on any atom is 0.163 e. The molecule has 1 aliphatic carbocycles. The second kappa shape index (κ2) is 18.0. The highest BCUT2D eigenvalue weighted by molar-refractivity contribution is 6.02. The van der Waals surface area contributed by atoms with E-state index in [1.807, 2.05) is 13.8 Å². The van der Waals surface area contributed by atoms with Gasteiger partial charge in [0.15, 0.2) is 5.78 Å². The van der Waals surface area contributed by atoms with Gasteiger partial charge >= 0.3 is 0 Å². The van der Waals surface area contributed by atoms with E-state index in [1.54, 1.807) is 0 Å². The minimum Gasteiger partial charge on any atom is -0.300 e. The normalized spacial score (nSPS) is 15.7. The molecule has 0 radical (unpaired) electrons. The van der Waals surface area contributed by atoms with Gasteiger partial charge in [-0.1, -0.05) is 97.2 Å². The Hall–Kier alpha value is -2.88. The Morgan fingerprint density at radius 1 is 0.930 bits per heavy atom. The van der Waals surface area contributed by atoms with Crippen LogP contribution >= 0.6 is 0 Å². The maximum atomic E-state index is 13.5. The molecule has 1 aliphatic rings. The van der Waals surface area contributed by atoms with Gasteiger partial charge in [0.05, 0.1) is 6.42 Å². The van der Waals surface area contributed by atoms with E-state index < -0.39 is 0 Å². The smallest absolute Gasteiger partial charge is 0.163 e. The molecule has 0 amide bonds. The van der Waals surface area contributed by atoms with Crippen molar-refractivity contribution in [1.82, 2.24) is 0 Å². The van der Waals surface area contributed by atoms with Gasteiger partial charge in [-0.25, -0.2) is 0 Å². The van der Waals surface area contributed by atoms with Crippen molar-refractivity contribution in [2.24, 2.45) is 23.7 Å². The first-order valence-electron chi connectivity index (χ1n) is 16.7. The first-order valence-corrected chi connectivity index (χ1v) is 16.7. The highest BCUT2D eigenvalue weighted by Gasteiger charge is 2.34. The molecular weight excluding hydrogens is 532 g/mol. The third kappa shape index (κ3) is 11.0. The van der Waals surface area contributed by atoms with Crippen LogP contribution in [-0.2, 0) is 27.2 Å². The first kappa shape index (κ1) is 36.3. The van der Waals surface area contributed by atoms with E-state index in [9.17, 15) is 19.2 Å². The molecule has 0 saturated heterocycles. The topological polar surface area (TPSA) is 68.3 Å². The summed E-state index contributed by atoms with van der Waals surface area (Å²) in [4.78, 5) is 50.3. The molecule has 3 unspecified atom stereocenters. The van der Waals surface area contributed by atoms with Crippen molar-refractivity contribution in [2.45, 2.75) is 126 Å². The fraction of sp³-hybridized carbons (Fsp3) is 0.590. The average molecular weight is 589 g/mol. The van der Waals surface area contributed by atoms with E-state index in [0.29, 0.717) is 31.0 Å². The van der Waals surface area contributed by atoms with Gasteiger partial charge in [-0.15, -0.1) is 0 Å². The standard InChI is InChI=1S/C36H48O4.C3H8/c1-7-9-29(31(8-2)34(39)19-25(6)37)20-27-21-33-32(17-10-24(5)36(33)35(40)22-27)28-14-11-26(12-15-28)13-16-30(38)18-23(3)4;1-3-2/h10-12,14-15,17,23,27,29,31H,7-9,13,16,18-22H2,1-6H3;3H2,1-2H3. The van der Waals surface area contributed by atoms with Crippen LogP contribution in [0.5, 0.6) is 0 Å². The zero-order valence-corrected chi connectivity index (χ0v) is 28.2. The van der Waals surface area contributed by atoms with Gasteiger partial charge in [0.2, 0.25) is 0 Å². The third-order valence-corrected chi connectivity index (χ3v) is 8.50. The van der Waals surface area contributed by atoms with Gasteiger partial charge < -0.3 is 0 Å². The Balaban J connectivity index is 0.00000206. The number of aryl methyl sites for hydroxylation is 2. The summed E-state index contributed by atoms with van der Waals surface area (Å²) in [5.74, 6) is 1.12. The van der Waals surface area contributed by atoms with E-state index in [4.69, 9.17) is 0 Å². The highest BCUT2D eigenvalue weighted by atomic mass is 16.1. The van der Waals surface area contributed by atoms with Gasteiger partial charge in [0.25, 0.3) is 0 Å². The number of fused-ring (bicyclic) bond motifs is 1. The van der Waals surface area contributed by atoms with Crippen LogP contribution in [0.3, 0.4) is 0 Å². The van der Waals surface area contributed by atoms with Gasteiger partial charge in [0.1, 0.15) is 17.3 Å². The Labute approximate surface area is 261 Å². The Bertz CT molecular complexity index is 1220. The second-order valence-electron chi connectivity index (χ2n) is 13.2. The van der Waals surface area contributed by atoms with Crippen molar-refractivity contribution in [3.63, 3.8) is 0 Å². The van der Waals surface area contributed by atoms with Crippen LogP contribution in [0.2, 0.25) is 0 Å². The number of hydrogen-bond donors (Lipinski definition) is 0. The van der Waals surface area contributed by atoms with E-state index in [0.717, 1.165) is 71.9 Å². The molecule has 3 rings (SSSR count). The van der Waals surface area contributed by atoms with Crippen LogP contribution in [0.25, 0.3) is 11.1 Å². The molecule has 4 heteroatoms. The van der Waals surface area contributed by atoms with Gasteiger partial charge in [-0.2, -0.15) is 0 Å². The maximum absolute atomic E-state index is 13.5. The zero-order valence-electron chi connectivity index (χ0n) is 28.2. The molecule has 236 valence electrons. The lowest BCUT2D eigenvalue weighted by atomic mass is 9.71. The summed E-state index contributed by atoms with van der Waals surface area (Å²) < 4.78 is 0. The molecule has 2 aromatic carbocycles. The molecule has 0 aliphatic heterocycles. The molecule has 0 N–H and O–H groups in total. The molecule has 0 aromatic heterocycles. The van der Waals surface area contributed by atoms with E-state index in [-0.39, 0.29) is 41.5 Å². The third-order valence-electron chi connectivity index (χ3n) is 8.50. The van der Waals surface area contributed by atoms with Crippen molar-refractivity contribution >= 4 is 23.1 Å². The number of Topliss-reactive ketones (excluding diaryl/α,β-unsaturated/α-hetero) is 4. The largest absolute Gasteiger partial charge is 0.300 e. The summed E-state index contributed by atoms with van der Waals surface area (Å²) in [5.41, 5.74) is 6.36. The van der Waals surface area contributed by atoms with Crippen LogP contribution in [0.15, 0.2) is 36.4 Å². The van der Waals surface area contributed by atoms with Crippen molar-refractivity contribution in [1.29, 1.82) is 0 Å². The second-order valence-corrected chi connectivity index (χ2v) is 13.2. The van der Waals surface area contributed by atoms with Crippen molar-refractivity contribution in [2.75, 3.05) is 0 Å². The van der Waals surface area contributed by atoms with Crippen molar-refractivity contribution in [3.8, 4) is 11.1 Å². The number of ketones is 4. The number of hydrogen-bond acceptors (Lipinski definition) is 4. The number of carbonyl (C=O) groups is 4. The van der Waals surface area contributed by atoms with E-state index >= 15 is 0 Å². The van der Waals surface area contributed by atoms with Crippen LogP contribution in [-0.4, -0.2) is 23.1 Å². The summed E-state index contributed by atoms with van der Waals surface area (Å²) >= 11 is 0. The fourth-order valence-corrected chi connectivity index (χ4v) is 6.70. The average Bonchev–Trinajstić information content (AvgIpc) is 2.92. The van der Waals surface area contributed by atoms with Crippen molar-refractivity contribution < 1.29 is 19.2 Å². The predicted octanol–water partition coefficient (Wildman–Crippen LogP) is 9.75. The van der Waals surface area contributed by atoms with E-state index in [2.05, 4.69) is 71.0 Å². The monoisotopic (exact) mass is 588 g/mol. The molecule has 0 spiro atoms. The Kier molecular flexibility index (Phi) is 15.2. The summed E-state index contributed by atoms with van der Waals surface area (Å²) in [7, 11) is 0. The van der Waals surface area contributed by atoms with Gasteiger partial charge in [-0.05, 0) is 85.1 Å². The molecule has 0 saturated carbocycles. The lowest BCUT2D eigenvalue weighted by Crippen LogP contribution is -2.30. The molecule has 0 fully saturated rings. The van der Waals surface area contributed by atoms with Crippen molar-refractivity contribution in [3.05, 3.63) is 58.7 Å². The summed E-state index contributed by atoms with van der Waals surface area (Å²) in [6, 6.07) is 12.6. The number of rotatable bonds is 15. The highest BCUT2D eigenvalue weighted by Crippen LogP contribution is 2.40. The molecule has 43 heavy (non-hydrogen) atoms. The fourth-order valence-electron chi connectivity index (χ4n) is 6.70. The van der Waals surface area contributed by atoms with Crippen LogP contribution < -0.4 is 0 Å². The Morgan fingerprint density at radius 2 is 1.58 bits per heavy atom. The molecule has 2 aromatic rings.